The van der Waals surface area contributed by atoms with Gasteiger partial charge in [-0.05, 0) is 25.4 Å². The SMILES string of the molecule is Cc1nsc(C)c1C(N)=O. The van der Waals surface area contributed by atoms with Gasteiger partial charge in [0.15, 0.2) is 0 Å². The first kappa shape index (κ1) is 7.21. The number of nitrogens with zero attached hydrogens (tertiary/aromatic N) is 1. The number of primary amides is 1. The fourth-order valence-corrected chi connectivity index (χ4v) is 1.54. The van der Waals surface area contributed by atoms with E-state index < -0.39 is 0 Å². The van der Waals surface area contributed by atoms with Crippen LogP contribution in [0, 0.1) is 13.8 Å². The van der Waals surface area contributed by atoms with Crippen LogP contribution in [0.2, 0.25) is 0 Å². The van der Waals surface area contributed by atoms with Crippen molar-refractivity contribution in [3.05, 3.63) is 16.1 Å². The van der Waals surface area contributed by atoms with Crippen molar-refractivity contribution in [2.24, 2.45) is 5.73 Å². The molecule has 0 unspecified atom stereocenters. The van der Waals surface area contributed by atoms with Crippen molar-refractivity contribution < 1.29 is 4.79 Å². The Balaban J connectivity index is 3.23. The van der Waals surface area contributed by atoms with E-state index in [9.17, 15) is 4.79 Å². The van der Waals surface area contributed by atoms with E-state index in [2.05, 4.69) is 4.37 Å². The van der Waals surface area contributed by atoms with Crippen LogP contribution in [0.1, 0.15) is 20.9 Å². The summed E-state index contributed by atoms with van der Waals surface area (Å²) in [4.78, 5) is 11.6. The van der Waals surface area contributed by atoms with E-state index in [4.69, 9.17) is 5.73 Å². The summed E-state index contributed by atoms with van der Waals surface area (Å²) in [6.45, 7) is 3.62. The van der Waals surface area contributed by atoms with E-state index in [1.807, 2.05) is 6.92 Å². The number of rotatable bonds is 1. The molecule has 0 aliphatic rings. The van der Waals surface area contributed by atoms with Crippen molar-refractivity contribution in [2.75, 3.05) is 0 Å². The molecule has 1 aromatic heterocycles. The van der Waals surface area contributed by atoms with Gasteiger partial charge in [-0.3, -0.25) is 4.79 Å². The molecule has 0 bridgehead atoms. The summed E-state index contributed by atoms with van der Waals surface area (Å²) in [6.07, 6.45) is 0. The van der Waals surface area contributed by atoms with Gasteiger partial charge in [-0.2, -0.15) is 4.37 Å². The van der Waals surface area contributed by atoms with Crippen LogP contribution in [0.3, 0.4) is 0 Å². The molecule has 10 heavy (non-hydrogen) atoms. The molecule has 0 saturated carbocycles. The molecular formula is C6H8N2OS. The van der Waals surface area contributed by atoms with E-state index in [0.717, 1.165) is 10.6 Å². The summed E-state index contributed by atoms with van der Waals surface area (Å²) in [7, 11) is 0. The predicted octanol–water partition coefficient (Wildman–Crippen LogP) is 0.859. The lowest BCUT2D eigenvalue weighted by molar-refractivity contribution is 0.0999. The number of carbonyl (C=O) groups is 1. The summed E-state index contributed by atoms with van der Waals surface area (Å²) >= 11 is 1.31. The van der Waals surface area contributed by atoms with Gasteiger partial charge in [-0.25, -0.2) is 0 Å². The highest BCUT2D eigenvalue weighted by atomic mass is 32.1. The summed E-state index contributed by atoms with van der Waals surface area (Å²) in [5, 5.41) is 0. The minimum atomic E-state index is -0.385. The highest BCUT2D eigenvalue weighted by Crippen LogP contribution is 2.15. The monoisotopic (exact) mass is 156 g/mol. The average molecular weight is 156 g/mol. The van der Waals surface area contributed by atoms with E-state index in [1.165, 1.54) is 11.5 Å². The number of amides is 1. The number of aromatic nitrogens is 1. The molecule has 0 radical (unpaired) electrons. The quantitative estimate of drug-likeness (QED) is 0.655. The maximum Gasteiger partial charge on any atom is 0.251 e. The first-order valence-electron chi connectivity index (χ1n) is 2.85. The minimum Gasteiger partial charge on any atom is -0.366 e. The number of nitrogens with two attached hydrogens (primary N) is 1. The highest BCUT2D eigenvalue weighted by molar-refractivity contribution is 7.06. The Kier molecular flexibility index (Phi) is 1.72. The van der Waals surface area contributed by atoms with Crippen LogP contribution in [0.4, 0.5) is 0 Å². The Labute approximate surface area is 63.0 Å². The molecule has 1 aromatic rings. The molecule has 0 aliphatic carbocycles. The molecule has 4 heteroatoms. The number of hydrogen-bond acceptors (Lipinski definition) is 3. The molecule has 2 N–H and O–H groups in total. The number of hydrogen-bond donors (Lipinski definition) is 1. The zero-order valence-corrected chi connectivity index (χ0v) is 6.66. The first-order valence-corrected chi connectivity index (χ1v) is 3.63. The van der Waals surface area contributed by atoms with Crippen LogP contribution in [0.25, 0.3) is 0 Å². The lowest BCUT2D eigenvalue weighted by atomic mass is 10.2. The molecule has 0 fully saturated rings. The van der Waals surface area contributed by atoms with Crippen molar-refractivity contribution in [3.63, 3.8) is 0 Å². The van der Waals surface area contributed by atoms with Gasteiger partial charge >= 0.3 is 0 Å². The second-order valence-electron chi connectivity index (χ2n) is 2.06. The van der Waals surface area contributed by atoms with Crippen LogP contribution < -0.4 is 5.73 Å². The predicted molar refractivity (Wildman–Crippen MR) is 40.1 cm³/mol. The Morgan fingerprint density at radius 1 is 1.60 bits per heavy atom. The smallest absolute Gasteiger partial charge is 0.251 e. The summed E-state index contributed by atoms with van der Waals surface area (Å²) in [6, 6.07) is 0. The molecule has 0 atom stereocenters. The molecule has 1 heterocycles. The Morgan fingerprint density at radius 3 is 2.40 bits per heavy atom. The van der Waals surface area contributed by atoms with Crippen molar-refractivity contribution in [1.29, 1.82) is 0 Å². The zero-order valence-electron chi connectivity index (χ0n) is 5.84. The molecule has 0 aromatic carbocycles. The van der Waals surface area contributed by atoms with E-state index in [0.29, 0.717) is 5.56 Å². The molecular weight excluding hydrogens is 148 g/mol. The maximum atomic E-state index is 10.7. The van der Waals surface area contributed by atoms with Crippen LogP contribution in [-0.4, -0.2) is 10.3 Å². The highest BCUT2D eigenvalue weighted by Gasteiger charge is 2.10. The topological polar surface area (TPSA) is 56.0 Å². The van der Waals surface area contributed by atoms with Crippen LogP contribution in [-0.2, 0) is 0 Å². The van der Waals surface area contributed by atoms with Crippen molar-refractivity contribution in [3.8, 4) is 0 Å². The van der Waals surface area contributed by atoms with Crippen molar-refractivity contribution >= 4 is 17.4 Å². The third-order valence-corrected chi connectivity index (χ3v) is 2.12. The summed E-state index contributed by atoms with van der Waals surface area (Å²) < 4.78 is 3.98. The molecule has 3 nitrogen and oxygen atoms in total. The molecule has 0 aliphatic heterocycles. The van der Waals surface area contributed by atoms with Gasteiger partial charge in [0, 0.05) is 4.88 Å². The van der Waals surface area contributed by atoms with Gasteiger partial charge in [-0.1, -0.05) is 0 Å². The number of aryl methyl sites for hydroxylation is 2. The first-order chi connectivity index (χ1) is 4.63. The van der Waals surface area contributed by atoms with E-state index >= 15 is 0 Å². The third-order valence-electron chi connectivity index (χ3n) is 1.28. The minimum absolute atomic E-state index is 0.385. The number of carbonyl (C=O) groups excluding carboxylic acids is 1. The second-order valence-corrected chi connectivity index (χ2v) is 3.04. The molecule has 1 amide bonds. The average Bonchev–Trinajstić information content (AvgIpc) is 2.11. The van der Waals surface area contributed by atoms with Crippen molar-refractivity contribution in [1.82, 2.24) is 4.37 Å². The van der Waals surface area contributed by atoms with Gasteiger partial charge < -0.3 is 5.73 Å². The van der Waals surface area contributed by atoms with Gasteiger partial charge in [0.05, 0.1) is 11.3 Å². The van der Waals surface area contributed by atoms with Crippen LogP contribution in [0.5, 0.6) is 0 Å². The maximum absolute atomic E-state index is 10.7. The molecule has 54 valence electrons. The largest absolute Gasteiger partial charge is 0.366 e. The van der Waals surface area contributed by atoms with Gasteiger partial charge in [0.2, 0.25) is 0 Å². The van der Waals surface area contributed by atoms with Gasteiger partial charge in [0.1, 0.15) is 0 Å². The summed E-state index contributed by atoms with van der Waals surface area (Å²) in [5.74, 6) is -0.385. The molecule has 1 rings (SSSR count). The van der Waals surface area contributed by atoms with E-state index in [-0.39, 0.29) is 5.91 Å². The lowest BCUT2D eigenvalue weighted by Gasteiger charge is -1.90. The Hall–Kier alpha value is -0.900. The van der Waals surface area contributed by atoms with E-state index in [1.54, 1.807) is 6.92 Å². The third kappa shape index (κ3) is 1.02. The zero-order chi connectivity index (χ0) is 7.72. The molecule has 0 saturated heterocycles. The normalized spacial score (nSPS) is 9.80. The fraction of sp³-hybridized carbons (Fsp3) is 0.333. The van der Waals surface area contributed by atoms with Gasteiger partial charge in [0.25, 0.3) is 5.91 Å². The Bertz CT molecular complexity index is 247. The summed E-state index contributed by atoms with van der Waals surface area (Å²) in [5.41, 5.74) is 6.39. The molecule has 0 spiro atoms. The van der Waals surface area contributed by atoms with Crippen molar-refractivity contribution in [2.45, 2.75) is 13.8 Å². The standard InChI is InChI=1S/C6H8N2OS/c1-3-5(6(7)9)4(2)10-8-3/h1-2H3,(H2,7,9). The second kappa shape index (κ2) is 2.38. The fourth-order valence-electron chi connectivity index (χ4n) is 0.835. The van der Waals surface area contributed by atoms with Crippen LogP contribution >= 0.6 is 11.5 Å². The Morgan fingerprint density at radius 2 is 2.20 bits per heavy atom. The lowest BCUT2D eigenvalue weighted by Crippen LogP contribution is -2.12. The van der Waals surface area contributed by atoms with Gasteiger partial charge in [-0.15, -0.1) is 0 Å². The van der Waals surface area contributed by atoms with Crippen LogP contribution in [0.15, 0.2) is 0 Å².